The first-order valence-corrected chi connectivity index (χ1v) is 11.8. The summed E-state index contributed by atoms with van der Waals surface area (Å²) in [5.74, 6) is 0. The normalized spacial score (nSPS) is 16.1. The molecule has 1 atom stereocenters. The maximum Gasteiger partial charge on any atom is 0.238 e. The summed E-state index contributed by atoms with van der Waals surface area (Å²) in [5, 5.41) is 11.6. The van der Waals surface area contributed by atoms with E-state index in [4.69, 9.17) is 10.1 Å². The Kier molecular flexibility index (Phi) is 5.10. The number of aryl methyl sites for hydroxylation is 2. The lowest BCUT2D eigenvalue weighted by atomic mass is 10.1. The highest BCUT2D eigenvalue weighted by Crippen LogP contribution is 2.35. The number of rotatable bonds is 5. The van der Waals surface area contributed by atoms with E-state index in [0.717, 1.165) is 34.2 Å². The molecule has 0 radical (unpaired) electrons. The third kappa shape index (κ3) is 4.14. The van der Waals surface area contributed by atoms with Crippen LogP contribution in [-0.2, 0) is 23.0 Å². The van der Waals surface area contributed by atoms with E-state index in [9.17, 15) is 8.42 Å². The Hall–Kier alpha value is -2.42. The Bertz CT molecular complexity index is 1170. The first-order valence-electron chi connectivity index (χ1n) is 9.42. The monoisotopic (exact) mass is 428 g/mol. The molecule has 1 unspecified atom stereocenters. The van der Waals surface area contributed by atoms with Crippen molar-refractivity contribution in [2.75, 3.05) is 10.2 Å². The molecule has 0 bridgehead atoms. The lowest BCUT2D eigenvalue weighted by Crippen LogP contribution is -2.28. The highest BCUT2D eigenvalue weighted by molar-refractivity contribution is 7.89. The van der Waals surface area contributed by atoms with Gasteiger partial charge in [0.05, 0.1) is 17.1 Å². The number of nitrogens with one attached hydrogen (secondary N) is 1. The lowest BCUT2D eigenvalue weighted by Gasteiger charge is -2.24. The molecular weight excluding hydrogens is 404 g/mol. The number of sulfonamides is 1. The van der Waals surface area contributed by atoms with Crippen LogP contribution >= 0.6 is 11.3 Å². The van der Waals surface area contributed by atoms with Crippen molar-refractivity contribution in [1.29, 1.82) is 0 Å². The molecule has 1 aromatic heterocycles. The Balaban J connectivity index is 1.51. The fourth-order valence-corrected chi connectivity index (χ4v) is 4.93. The van der Waals surface area contributed by atoms with Gasteiger partial charge in [0, 0.05) is 22.8 Å². The molecule has 6 nitrogen and oxygen atoms in total. The van der Waals surface area contributed by atoms with Crippen LogP contribution < -0.4 is 15.4 Å². The van der Waals surface area contributed by atoms with Crippen LogP contribution in [0.25, 0.3) is 0 Å². The van der Waals surface area contributed by atoms with Crippen LogP contribution in [-0.4, -0.2) is 19.4 Å². The highest BCUT2D eigenvalue weighted by Gasteiger charge is 2.27. The van der Waals surface area contributed by atoms with Gasteiger partial charge in [0.2, 0.25) is 10.0 Å². The molecule has 4 rings (SSSR count). The van der Waals surface area contributed by atoms with Gasteiger partial charge in [0.15, 0.2) is 5.13 Å². The van der Waals surface area contributed by atoms with Crippen molar-refractivity contribution in [3.05, 3.63) is 64.2 Å². The van der Waals surface area contributed by atoms with E-state index in [2.05, 4.69) is 54.6 Å². The summed E-state index contributed by atoms with van der Waals surface area (Å²) in [5.41, 5.74) is 6.58. The molecule has 0 saturated heterocycles. The average molecular weight is 429 g/mol. The van der Waals surface area contributed by atoms with Gasteiger partial charge in [-0.3, -0.25) is 0 Å². The van der Waals surface area contributed by atoms with Crippen LogP contribution in [0.3, 0.4) is 0 Å². The lowest BCUT2D eigenvalue weighted by molar-refractivity contribution is 0.597. The van der Waals surface area contributed by atoms with Gasteiger partial charge in [-0.15, -0.1) is 11.3 Å². The van der Waals surface area contributed by atoms with Gasteiger partial charge in [0.1, 0.15) is 0 Å². The van der Waals surface area contributed by atoms with Gasteiger partial charge in [-0.25, -0.2) is 18.5 Å². The molecule has 29 heavy (non-hydrogen) atoms. The first-order chi connectivity index (χ1) is 13.7. The summed E-state index contributed by atoms with van der Waals surface area (Å²) in [6.07, 6.45) is 0.788. The minimum absolute atomic E-state index is 0.166. The maximum absolute atomic E-state index is 11.6. The van der Waals surface area contributed by atoms with Gasteiger partial charge in [0.25, 0.3) is 0 Å². The van der Waals surface area contributed by atoms with E-state index in [0.29, 0.717) is 6.54 Å². The number of hydrogen-bond donors (Lipinski definition) is 2. The number of hydrogen-bond acceptors (Lipinski definition) is 6. The van der Waals surface area contributed by atoms with Crippen molar-refractivity contribution >= 4 is 37.9 Å². The molecule has 0 aliphatic carbocycles. The first kappa shape index (κ1) is 19.9. The molecule has 3 aromatic rings. The van der Waals surface area contributed by atoms with Crippen molar-refractivity contribution < 1.29 is 8.42 Å². The van der Waals surface area contributed by atoms with Crippen LogP contribution in [0, 0.1) is 13.8 Å². The number of thiazole rings is 1. The number of nitrogens with two attached hydrogens (primary N) is 1. The molecule has 0 fully saturated rings. The SMILES string of the molecule is Cc1ccc(Nc2nc(CN3c4ccc(S(N)(=O)=O)cc4CC3C)cs2)cc1C. The zero-order valence-electron chi connectivity index (χ0n) is 16.6. The summed E-state index contributed by atoms with van der Waals surface area (Å²) in [4.78, 5) is 7.16. The van der Waals surface area contributed by atoms with E-state index >= 15 is 0 Å². The molecule has 2 aromatic carbocycles. The van der Waals surface area contributed by atoms with Gasteiger partial charge in [-0.1, -0.05) is 6.07 Å². The Morgan fingerprint density at radius 2 is 2.00 bits per heavy atom. The van der Waals surface area contributed by atoms with Crippen LogP contribution in [0.15, 0.2) is 46.7 Å². The van der Waals surface area contributed by atoms with E-state index in [1.807, 2.05) is 6.07 Å². The summed E-state index contributed by atoms with van der Waals surface area (Å²) in [6, 6.07) is 11.7. The molecule has 0 amide bonds. The molecule has 3 N–H and O–H groups in total. The number of aromatic nitrogens is 1. The molecule has 0 saturated carbocycles. The maximum atomic E-state index is 11.6. The number of anilines is 3. The highest BCUT2D eigenvalue weighted by atomic mass is 32.2. The van der Waals surface area contributed by atoms with Crippen LogP contribution in [0.1, 0.15) is 29.3 Å². The van der Waals surface area contributed by atoms with E-state index in [-0.39, 0.29) is 10.9 Å². The van der Waals surface area contributed by atoms with Gasteiger partial charge >= 0.3 is 0 Å². The standard InChI is InChI=1S/C21H24N4O2S2/c1-13-4-5-17(8-14(13)2)23-21-24-18(12-28-21)11-25-15(3)9-16-10-19(29(22,26)27)6-7-20(16)25/h4-8,10,12,15H,9,11H2,1-3H3,(H,23,24)(H2,22,26,27). The predicted molar refractivity (Wildman–Crippen MR) is 118 cm³/mol. The van der Waals surface area contributed by atoms with Crippen LogP contribution in [0.4, 0.5) is 16.5 Å². The molecule has 0 spiro atoms. The number of fused-ring (bicyclic) bond motifs is 1. The summed E-state index contributed by atoms with van der Waals surface area (Å²) in [6.45, 7) is 7.01. The number of primary sulfonamides is 1. The topological polar surface area (TPSA) is 88.3 Å². The summed E-state index contributed by atoms with van der Waals surface area (Å²) < 4.78 is 23.3. The number of nitrogens with zero attached hydrogens (tertiary/aromatic N) is 2. The second kappa shape index (κ2) is 7.44. The smallest absolute Gasteiger partial charge is 0.238 e. The average Bonchev–Trinajstić information content (AvgIpc) is 3.21. The number of benzene rings is 2. The molecule has 1 aliphatic rings. The summed E-state index contributed by atoms with van der Waals surface area (Å²) in [7, 11) is -3.69. The zero-order chi connectivity index (χ0) is 20.8. The van der Waals surface area contributed by atoms with Gasteiger partial charge in [-0.2, -0.15) is 0 Å². The quantitative estimate of drug-likeness (QED) is 0.639. The fourth-order valence-electron chi connectivity index (χ4n) is 3.64. The second-order valence-electron chi connectivity index (χ2n) is 7.58. The minimum Gasteiger partial charge on any atom is -0.362 e. The van der Waals surface area contributed by atoms with Gasteiger partial charge in [-0.05, 0) is 74.2 Å². The van der Waals surface area contributed by atoms with Gasteiger partial charge < -0.3 is 10.2 Å². The second-order valence-corrected chi connectivity index (χ2v) is 10.0. The largest absolute Gasteiger partial charge is 0.362 e. The third-order valence-electron chi connectivity index (χ3n) is 5.38. The zero-order valence-corrected chi connectivity index (χ0v) is 18.3. The summed E-state index contributed by atoms with van der Waals surface area (Å²) >= 11 is 1.58. The molecule has 1 aliphatic heterocycles. The van der Waals surface area contributed by atoms with E-state index in [1.54, 1.807) is 23.5 Å². The van der Waals surface area contributed by atoms with E-state index < -0.39 is 10.0 Å². The predicted octanol–water partition coefficient (Wildman–Crippen LogP) is 4.10. The van der Waals surface area contributed by atoms with Crippen molar-refractivity contribution in [3.8, 4) is 0 Å². The van der Waals surface area contributed by atoms with Crippen LogP contribution in [0.5, 0.6) is 0 Å². The fraction of sp³-hybridized carbons (Fsp3) is 0.286. The van der Waals surface area contributed by atoms with E-state index in [1.165, 1.54) is 11.1 Å². The Morgan fingerprint density at radius 1 is 1.21 bits per heavy atom. The van der Waals surface area contributed by atoms with Crippen molar-refractivity contribution in [2.45, 2.75) is 44.7 Å². The molecule has 8 heteroatoms. The van der Waals surface area contributed by atoms with Crippen molar-refractivity contribution in [1.82, 2.24) is 4.98 Å². The molecule has 152 valence electrons. The van der Waals surface area contributed by atoms with Crippen molar-refractivity contribution in [3.63, 3.8) is 0 Å². The Morgan fingerprint density at radius 3 is 2.72 bits per heavy atom. The molecule has 2 heterocycles. The minimum atomic E-state index is -3.69. The molecular formula is C21H24N4O2S2. The third-order valence-corrected chi connectivity index (χ3v) is 7.10. The Labute approximate surface area is 175 Å². The van der Waals surface area contributed by atoms with Crippen molar-refractivity contribution in [2.24, 2.45) is 5.14 Å². The van der Waals surface area contributed by atoms with Crippen LogP contribution in [0.2, 0.25) is 0 Å².